The van der Waals surface area contributed by atoms with Crippen molar-refractivity contribution in [2.75, 3.05) is 39.2 Å². The third kappa shape index (κ3) is 5.03. The molecule has 130 valence electrons. The lowest BCUT2D eigenvalue weighted by atomic mass is 10.2. The normalized spacial score (nSPS) is 16.3. The molecule has 0 aromatic heterocycles. The molecule has 24 heavy (non-hydrogen) atoms. The molecule has 7 nitrogen and oxygen atoms in total. The van der Waals surface area contributed by atoms with Gasteiger partial charge in [0.1, 0.15) is 11.5 Å². The molecule has 0 spiro atoms. The Kier molecular flexibility index (Phi) is 6.70. The van der Waals surface area contributed by atoms with Gasteiger partial charge in [0.25, 0.3) is 0 Å². The van der Waals surface area contributed by atoms with Crippen molar-refractivity contribution in [1.29, 1.82) is 5.26 Å². The second-order valence-electron chi connectivity index (χ2n) is 5.52. The minimum atomic E-state index is -0.268. The summed E-state index contributed by atoms with van der Waals surface area (Å²) in [7, 11) is 3.11. The van der Waals surface area contributed by atoms with Gasteiger partial charge in [-0.25, -0.2) is 4.79 Å². The second-order valence-corrected chi connectivity index (χ2v) is 5.52. The third-order valence-corrected chi connectivity index (χ3v) is 3.83. The fourth-order valence-electron chi connectivity index (χ4n) is 2.58. The molecule has 0 aliphatic carbocycles. The summed E-state index contributed by atoms with van der Waals surface area (Å²) in [6.45, 7) is 1.57. The number of benzene rings is 1. The Bertz CT molecular complexity index is 572. The number of carbonyl (C=O) groups excluding carboxylic acids is 1. The highest BCUT2D eigenvalue weighted by Crippen LogP contribution is 2.26. The molecule has 7 heteroatoms. The fourth-order valence-corrected chi connectivity index (χ4v) is 2.58. The van der Waals surface area contributed by atoms with E-state index in [1.807, 2.05) is 0 Å². The Morgan fingerprint density at radius 2 is 2.08 bits per heavy atom. The first-order valence-electron chi connectivity index (χ1n) is 7.94. The minimum Gasteiger partial charge on any atom is -0.497 e. The summed E-state index contributed by atoms with van der Waals surface area (Å²) < 4.78 is 16.0. The maximum Gasteiger partial charge on any atom is 0.321 e. The van der Waals surface area contributed by atoms with Crippen molar-refractivity contribution in [1.82, 2.24) is 4.90 Å². The molecule has 1 heterocycles. The zero-order valence-electron chi connectivity index (χ0n) is 14.1. The van der Waals surface area contributed by atoms with E-state index in [9.17, 15) is 4.79 Å². The number of nitriles is 1. The molecule has 1 aliphatic rings. The van der Waals surface area contributed by atoms with E-state index in [0.29, 0.717) is 30.3 Å². The Morgan fingerprint density at radius 1 is 1.38 bits per heavy atom. The molecule has 1 unspecified atom stereocenters. The van der Waals surface area contributed by atoms with Crippen LogP contribution in [-0.4, -0.2) is 51.0 Å². The summed E-state index contributed by atoms with van der Waals surface area (Å²) in [5, 5.41) is 11.6. The number of methoxy groups -OCH3 is 2. The van der Waals surface area contributed by atoms with Crippen molar-refractivity contribution in [3.63, 3.8) is 0 Å². The highest BCUT2D eigenvalue weighted by molar-refractivity contribution is 5.89. The van der Waals surface area contributed by atoms with Crippen molar-refractivity contribution in [2.45, 2.75) is 25.4 Å². The number of nitrogens with one attached hydrogen (secondary N) is 1. The minimum absolute atomic E-state index is 0.0364. The van der Waals surface area contributed by atoms with Gasteiger partial charge in [-0.2, -0.15) is 5.26 Å². The summed E-state index contributed by atoms with van der Waals surface area (Å²) in [6.07, 6.45) is 2.25. The summed E-state index contributed by atoms with van der Waals surface area (Å²) in [5.74, 6) is 1.18. The maximum atomic E-state index is 12.6. The van der Waals surface area contributed by atoms with Crippen molar-refractivity contribution < 1.29 is 19.0 Å². The van der Waals surface area contributed by atoms with Gasteiger partial charge in [-0.1, -0.05) is 0 Å². The molecule has 0 radical (unpaired) electrons. The van der Waals surface area contributed by atoms with Crippen molar-refractivity contribution in [3.8, 4) is 17.6 Å². The van der Waals surface area contributed by atoms with Crippen LogP contribution < -0.4 is 14.8 Å². The number of rotatable bonds is 7. The van der Waals surface area contributed by atoms with Crippen LogP contribution in [0.4, 0.5) is 10.5 Å². The lowest BCUT2D eigenvalue weighted by Gasteiger charge is -2.25. The van der Waals surface area contributed by atoms with Crippen LogP contribution in [0.25, 0.3) is 0 Å². The second kappa shape index (κ2) is 8.99. The van der Waals surface area contributed by atoms with E-state index in [4.69, 9.17) is 19.5 Å². The van der Waals surface area contributed by atoms with E-state index in [1.165, 1.54) is 0 Å². The van der Waals surface area contributed by atoms with Gasteiger partial charge in [0.05, 0.1) is 32.8 Å². The molecular formula is C17H23N3O4. The standard InChI is InChI=1S/C17H23N3O4/c1-22-15-9-13(10-16(11-15)23-2)19-17(21)20(7-4-6-18)12-14-5-3-8-24-14/h9-11,14H,3-5,7-8,12H2,1-2H3,(H,19,21). The molecule has 1 aromatic rings. The molecule has 2 rings (SSSR count). The molecule has 0 saturated carbocycles. The smallest absolute Gasteiger partial charge is 0.321 e. The molecule has 1 saturated heterocycles. The van der Waals surface area contributed by atoms with Crippen molar-refractivity contribution in [3.05, 3.63) is 18.2 Å². The summed E-state index contributed by atoms with van der Waals surface area (Å²) in [4.78, 5) is 14.2. The molecule has 2 amide bonds. The number of ether oxygens (including phenoxy) is 3. The molecule has 1 atom stereocenters. The SMILES string of the molecule is COc1cc(NC(=O)N(CCC#N)CC2CCCO2)cc(OC)c1. The number of nitrogens with zero attached hydrogens (tertiary/aromatic N) is 2. The van der Waals surface area contributed by atoms with E-state index < -0.39 is 0 Å². The third-order valence-electron chi connectivity index (χ3n) is 3.83. The quantitative estimate of drug-likeness (QED) is 0.829. The number of anilines is 1. The van der Waals surface area contributed by atoms with Crippen molar-refractivity contribution >= 4 is 11.7 Å². The number of urea groups is 1. The number of amides is 2. The van der Waals surface area contributed by atoms with E-state index in [-0.39, 0.29) is 18.6 Å². The van der Waals surface area contributed by atoms with Gasteiger partial charge in [-0.3, -0.25) is 0 Å². The Balaban J connectivity index is 2.06. The molecule has 1 N–H and O–H groups in total. The molecule has 1 aliphatic heterocycles. The van der Waals surface area contributed by atoms with Gasteiger partial charge >= 0.3 is 6.03 Å². The van der Waals surface area contributed by atoms with Crippen LogP contribution in [0.3, 0.4) is 0 Å². The summed E-state index contributed by atoms with van der Waals surface area (Å²) in [5.41, 5.74) is 0.575. The molecule has 1 aromatic carbocycles. The average molecular weight is 333 g/mol. The van der Waals surface area contributed by atoms with Gasteiger partial charge in [-0.15, -0.1) is 0 Å². The first-order chi connectivity index (χ1) is 11.7. The van der Waals surface area contributed by atoms with Crippen LogP contribution in [0.1, 0.15) is 19.3 Å². The van der Waals surface area contributed by atoms with Gasteiger partial charge in [0.15, 0.2) is 0 Å². The zero-order valence-corrected chi connectivity index (χ0v) is 14.1. The Labute approximate surface area is 142 Å². The first-order valence-corrected chi connectivity index (χ1v) is 7.94. The average Bonchev–Trinajstić information content (AvgIpc) is 3.11. The first kappa shape index (κ1) is 17.9. The van der Waals surface area contributed by atoms with Crippen molar-refractivity contribution in [2.24, 2.45) is 0 Å². The largest absolute Gasteiger partial charge is 0.497 e. The van der Waals surface area contributed by atoms with E-state index in [2.05, 4.69) is 11.4 Å². The van der Waals surface area contributed by atoms with Gasteiger partial charge in [0, 0.05) is 43.6 Å². The van der Waals surface area contributed by atoms with Gasteiger partial charge in [-0.05, 0) is 12.8 Å². The van der Waals surface area contributed by atoms with Crippen LogP contribution in [0, 0.1) is 11.3 Å². The molecular weight excluding hydrogens is 310 g/mol. The van der Waals surface area contributed by atoms with E-state index >= 15 is 0 Å². The van der Waals surface area contributed by atoms with Gasteiger partial charge in [0.2, 0.25) is 0 Å². The fraction of sp³-hybridized carbons (Fsp3) is 0.529. The van der Waals surface area contributed by atoms with E-state index in [1.54, 1.807) is 37.3 Å². The number of hydrogen-bond acceptors (Lipinski definition) is 5. The number of carbonyl (C=O) groups is 1. The lowest BCUT2D eigenvalue weighted by molar-refractivity contribution is 0.0841. The van der Waals surface area contributed by atoms with E-state index in [0.717, 1.165) is 19.4 Å². The maximum absolute atomic E-state index is 12.6. The molecule has 0 bridgehead atoms. The topological polar surface area (TPSA) is 83.8 Å². The van der Waals surface area contributed by atoms with Crippen LogP contribution in [0.2, 0.25) is 0 Å². The van der Waals surface area contributed by atoms with Crippen LogP contribution in [0.15, 0.2) is 18.2 Å². The monoisotopic (exact) mass is 333 g/mol. The highest BCUT2D eigenvalue weighted by atomic mass is 16.5. The van der Waals surface area contributed by atoms with Crippen LogP contribution >= 0.6 is 0 Å². The Morgan fingerprint density at radius 3 is 2.62 bits per heavy atom. The summed E-state index contributed by atoms with van der Waals surface area (Å²) >= 11 is 0. The van der Waals surface area contributed by atoms with Crippen LogP contribution in [0.5, 0.6) is 11.5 Å². The predicted molar refractivity (Wildman–Crippen MR) is 89.3 cm³/mol. The molecule has 1 fully saturated rings. The van der Waals surface area contributed by atoms with Gasteiger partial charge < -0.3 is 24.4 Å². The number of hydrogen-bond donors (Lipinski definition) is 1. The Hall–Kier alpha value is -2.46. The zero-order chi connectivity index (χ0) is 17.4. The summed E-state index contributed by atoms with van der Waals surface area (Å²) in [6, 6.07) is 6.97. The predicted octanol–water partition coefficient (Wildman–Crippen LogP) is 2.63. The lowest BCUT2D eigenvalue weighted by Crippen LogP contribution is -2.40. The van der Waals surface area contributed by atoms with Crippen LogP contribution in [-0.2, 0) is 4.74 Å². The highest BCUT2D eigenvalue weighted by Gasteiger charge is 2.22.